The van der Waals surface area contributed by atoms with Gasteiger partial charge < -0.3 is 4.74 Å². The molecule has 3 nitrogen and oxygen atoms in total. The molecule has 0 radical (unpaired) electrons. The van der Waals surface area contributed by atoms with E-state index in [4.69, 9.17) is 4.74 Å². The lowest BCUT2D eigenvalue weighted by Gasteiger charge is -2.01. The van der Waals surface area contributed by atoms with E-state index in [2.05, 4.69) is 24.5 Å². The fourth-order valence-corrected chi connectivity index (χ4v) is 0.791. The van der Waals surface area contributed by atoms with Gasteiger partial charge in [0.25, 0.3) is 0 Å². The molecule has 0 saturated carbocycles. The van der Waals surface area contributed by atoms with Gasteiger partial charge in [0.2, 0.25) is 0 Å². The van der Waals surface area contributed by atoms with E-state index in [9.17, 15) is 4.79 Å². The number of thiol groups is 1. The summed E-state index contributed by atoms with van der Waals surface area (Å²) >= 11 is 3.53. The molecule has 0 aliphatic carbocycles. The molecule has 4 heteroatoms. The highest BCUT2D eigenvalue weighted by Crippen LogP contribution is 1.98. The van der Waals surface area contributed by atoms with Crippen molar-refractivity contribution in [3.05, 3.63) is 0 Å². The second-order valence-corrected chi connectivity index (χ2v) is 2.53. The van der Waals surface area contributed by atoms with Crippen molar-refractivity contribution in [1.29, 1.82) is 0 Å². The first-order valence-electron chi connectivity index (χ1n) is 3.88. The van der Waals surface area contributed by atoms with Gasteiger partial charge in [-0.3, -0.25) is 4.72 Å². The topological polar surface area (TPSA) is 38.3 Å². The number of amides is 1. The van der Waals surface area contributed by atoms with Crippen LogP contribution in [0.25, 0.3) is 0 Å². The maximum atomic E-state index is 10.4. The Kier molecular flexibility index (Phi) is 7.46. The molecule has 1 amide bonds. The van der Waals surface area contributed by atoms with E-state index in [1.54, 1.807) is 0 Å². The number of unbranched alkanes of at least 4 members (excludes halogenated alkanes) is 3. The molecule has 0 heterocycles. The molecule has 0 aliphatic rings. The second-order valence-electron chi connectivity index (χ2n) is 2.31. The Bertz CT molecular complexity index is 109. The smallest absolute Gasteiger partial charge is 0.417 e. The third kappa shape index (κ3) is 7.52. The summed E-state index contributed by atoms with van der Waals surface area (Å²) in [5.74, 6) is 0. The lowest BCUT2D eigenvalue weighted by atomic mass is 10.2. The first-order valence-corrected chi connectivity index (χ1v) is 4.32. The predicted octanol–water partition coefficient (Wildman–Crippen LogP) is 2.14. The van der Waals surface area contributed by atoms with Crippen LogP contribution >= 0.6 is 12.8 Å². The van der Waals surface area contributed by atoms with Crippen LogP contribution in [0, 0.1) is 0 Å². The van der Waals surface area contributed by atoms with E-state index in [1.807, 2.05) is 0 Å². The van der Waals surface area contributed by atoms with Gasteiger partial charge in [0.15, 0.2) is 0 Å². The summed E-state index contributed by atoms with van der Waals surface area (Å²) in [6.45, 7) is 2.63. The molecule has 0 atom stereocenters. The first kappa shape index (κ1) is 10.6. The molecule has 0 bridgehead atoms. The highest BCUT2D eigenvalue weighted by Gasteiger charge is 1.95. The summed E-state index contributed by atoms with van der Waals surface area (Å²) < 4.78 is 6.80. The Labute approximate surface area is 73.0 Å². The van der Waals surface area contributed by atoms with Gasteiger partial charge in [-0.2, -0.15) is 0 Å². The van der Waals surface area contributed by atoms with Crippen LogP contribution in [0.15, 0.2) is 0 Å². The van der Waals surface area contributed by atoms with Crippen molar-refractivity contribution in [2.24, 2.45) is 0 Å². The summed E-state index contributed by atoms with van der Waals surface area (Å²) in [6.07, 6.45) is 3.99. The van der Waals surface area contributed by atoms with E-state index in [1.165, 1.54) is 12.8 Å². The van der Waals surface area contributed by atoms with Crippen LogP contribution in [0.4, 0.5) is 4.79 Å². The number of carbonyl (C=O) groups is 1. The third-order valence-corrected chi connectivity index (χ3v) is 1.50. The molecular weight excluding hydrogens is 162 g/mol. The average molecular weight is 177 g/mol. The van der Waals surface area contributed by atoms with E-state index in [0.29, 0.717) is 6.61 Å². The molecule has 0 aromatic rings. The average Bonchev–Trinajstić information content (AvgIpc) is 2.04. The zero-order valence-electron chi connectivity index (χ0n) is 6.80. The Morgan fingerprint density at radius 3 is 2.73 bits per heavy atom. The number of nitrogens with one attached hydrogen (secondary N) is 1. The second kappa shape index (κ2) is 7.72. The number of rotatable bonds is 5. The van der Waals surface area contributed by atoms with Crippen LogP contribution in [0.2, 0.25) is 0 Å². The molecule has 0 rings (SSSR count). The first-order chi connectivity index (χ1) is 5.31. The van der Waals surface area contributed by atoms with Gasteiger partial charge in [0, 0.05) is 0 Å². The summed E-state index contributed by atoms with van der Waals surface area (Å²) in [5.41, 5.74) is 0. The van der Waals surface area contributed by atoms with Gasteiger partial charge in [-0.05, 0) is 6.42 Å². The molecule has 0 aliphatic heterocycles. The lowest BCUT2D eigenvalue weighted by Crippen LogP contribution is -2.14. The van der Waals surface area contributed by atoms with E-state index in [0.717, 1.165) is 12.8 Å². The summed E-state index contributed by atoms with van der Waals surface area (Å²) in [7, 11) is 0. The fourth-order valence-electron chi connectivity index (χ4n) is 0.726. The number of hydrogen-bond acceptors (Lipinski definition) is 3. The number of hydrogen-bond donors (Lipinski definition) is 2. The van der Waals surface area contributed by atoms with Crippen LogP contribution in [0.5, 0.6) is 0 Å². The van der Waals surface area contributed by atoms with Crippen molar-refractivity contribution in [2.75, 3.05) is 6.61 Å². The zero-order valence-corrected chi connectivity index (χ0v) is 7.69. The van der Waals surface area contributed by atoms with E-state index < -0.39 is 6.09 Å². The van der Waals surface area contributed by atoms with Crippen molar-refractivity contribution in [2.45, 2.75) is 32.6 Å². The standard InChI is InChI=1S/C7H15NO2S/c1-2-3-4-5-6-10-7(9)8-11/h11H,2-6H2,1H3,(H,8,9). The van der Waals surface area contributed by atoms with Crippen LogP contribution < -0.4 is 4.72 Å². The van der Waals surface area contributed by atoms with Crippen molar-refractivity contribution < 1.29 is 9.53 Å². The van der Waals surface area contributed by atoms with Crippen molar-refractivity contribution in [1.82, 2.24) is 4.72 Å². The molecule has 0 spiro atoms. The monoisotopic (exact) mass is 177 g/mol. The quantitative estimate of drug-likeness (QED) is 0.499. The molecule has 1 N–H and O–H groups in total. The molecule has 66 valence electrons. The Hall–Kier alpha value is -0.380. The lowest BCUT2D eigenvalue weighted by molar-refractivity contribution is 0.151. The molecule has 0 aromatic carbocycles. The van der Waals surface area contributed by atoms with Gasteiger partial charge >= 0.3 is 6.09 Å². The SMILES string of the molecule is CCCCCCOC(=O)NS. The van der Waals surface area contributed by atoms with Gasteiger partial charge in [-0.15, -0.1) is 0 Å². The van der Waals surface area contributed by atoms with Crippen molar-refractivity contribution in [3.8, 4) is 0 Å². The molecule has 0 fully saturated rings. The van der Waals surface area contributed by atoms with Crippen molar-refractivity contribution >= 4 is 18.9 Å². The van der Waals surface area contributed by atoms with Gasteiger partial charge in [-0.25, -0.2) is 4.79 Å². The number of carbonyl (C=O) groups excluding carboxylic acids is 1. The highest BCUT2D eigenvalue weighted by atomic mass is 32.1. The minimum absolute atomic E-state index is 0.468. The van der Waals surface area contributed by atoms with Gasteiger partial charge in [-0.1, -0.05) is 39.0 Å². The Morgan fingerprint density at radius 1 is 1.45 bits per heavy atom. The van der Waals surface area contributed by atoms with Crippen molar-refractivity contribution in [3.63, 3.8) is 0 Å². The van der Waals surface area contributed by atoms with Crippen LogP contribution in [-0.2, 0) is 4.74 Å². The molecule has 0 aromatic heterocycles. The minimum atomic E-state index is -0.468. The number of ether oxygens (including phenoxy) is 1. The van der Waals surface area contributed by atoms with Crippen LogP contribution in [0.1, 0.15) is 32.6 Å². The predicted molar refractivity (Wildman–Crippen MR) is 47.6 cm³/mol. The molecule has 0 saturated heterocycles. The van der Waals surface area contributed by atoms with E-state index >= 15 is 0 Å². The summed E-state index contributed by atoms with van der Waals surface area (Å²) in [4.78, 5) is 10.4. The van der Waals surface area contributed by atoms with Gasteiger partial charge in [0.05, 0.1) is 6.61 Å². The zero-order chi connectivity index (χ0) is 8.53. The molecule has 11 heavy (non-hydrogen) atoms. The summed E-state index contributed by atoms with van der Waals surface area (Å²) in [6, 6.07) is 0. The highest BCUT2D eigenvalue weighted by molar-refractivity contribution is 7.78. The van der Waals surface area contributed by atoms with Crippen LogP contribution in [0.3, 0.4) is 0 Å². The van der Waals surface area contributed by atoms with Crippen LogP contribution in [-0.4, -0.2) is 12.7 Å². The normalized spacial score (nSPS) is 9.27. The van der Waals surface area contributed by atoms with E-state index in [-0.39, 0.29) is 0 Å². The van der Waals surface area contributed by atoms with Gasteiger partial charge in [0.1, 0.15) is 0 Å². The third-order valence-electron chi connectivity index (χ3n) is 1.32. The minimum Gasteiger partial charge on any atom is -0.449 e. The molecule has 0 unspecified atom stereocenters. The largest absolute Gasteiger partial charge is 0.449 e. The Balaban J connectivity index is 2.95. The maximum Gasteiger partial charge on any atom is 0.417 e. The Morgan fingerprint density at radius 2 is 2.18 bits per heavy atom. The fraction of sp³-hybridized carbons (Fsp3) is 0.857. The maximum absolute atomic E-state index is 10.4. The summed E-state index contributed by atoms with van der Waals surface area (Å²) in [5, 5.41) is 0. The molecular formula is C7H15NO2S.